The number of hydrogen-bond acceptors (Lipinski definition) is 3. The Morgan fingerprint density at radius 2 is 1.71 bits per heavy atom. The van der Waals surface area contributed by atoms with Crippen LogP contribution in [-0.2, 0) is 11.3 Å². The number of unbranched alkanes of at least 4 members (excludes halogenated alkanes) is 3. The van der Waals surface area contributed by atoms with Crippen molar-refractivity contribution in [2.75, 3.05) is 13.6 Å². The molecule has 21 heavy (non-hydrogen) atoms. The van der Waals surface area contributed by atoms with Gasteiger partial charge in [0.25, 0.3) is 5.91 Å². The second-order valence-electron chi connectivity index (χ2n) is 5.04. The molecule has 0 saturated carbocycles. The Kier molecular flexibility index (Phi) is 8.12. The van der Waals surface area contributed by atoms with Gasteiger partial charge in [0.1, 0.15) is 0 Å². The number of aliphatic carboxylic acids is 1. The van der Waals surface area contributed by atoms with Gasteiger partial charge in [-0.2, -0.15) is 0 Å². The quantitative estimate of drug-likeness (QED) is 0.578. The van der Waals surface area contributed by atoms with Gasteiger partial charge in [0.05, 0.1) is 0 Å². The molecule has 0 fully saturated rings. The van der Waals surface area contributed by atoms with Crippen molar-refractivity contribution < 1.29 is 14.7 Å². The highest BCUT2D eigenvalue weighted by molar-refractivity contribution is 5.94. The summed E-state index contributed by atoms with van der Waals surface area (Å²) in [4.78, 5) is 22.2. The molecule has 0 spiro atoms. The van der Waals surface area contributed by atoms with Gasteiger partial charge in [0.15, 0.2) is 0 Å². The minimum atomic E-state index is -0.745. The maximum atomic E-state index is 11.9. The van der Waals surface area contributed by atoms with Gasteiger partial charge in [0, 0.05) is 25.1 Å². The van der Waals surface area contributed by atoms with Gasteiger partial charge in [-0.1, -0.05) is 25.0 Å². The maximum absolute atomic E-state index is 11.9. The van der Waals surface area contributed by atoms with Crippen molar-refractivity contribution in [1.82, 2.24) is 10.6 Å². The summed E-state index contributed by atoms with van der Waals surface area (Å²) >= 11 is 0. The van der Waals surface area contributed by atoms with Crippen LogP contribution in [0.25, 0.3) is 0 Å². The Balaban J connectivity index is 2.17. The first-order valence-electron chi connectivity index (χ1n) is 7.37. The molecule has 0 atom stereocenters. The first-order chi connectivity index (χ1) is 10.1. The van der Waals surface area contributed by atoms with Crippen LogP contribution < -0.4 is 10.6 Å². The molecule has 3 N–H and O–H groups in total. The zero-order chi connectivity index (χ0) is 15.5. The molecule has 0 aliphatic heterocycles. The van der Waals surface area contributed by atoms with E-state index in [4.69, 9.17) is 5.11 Å². The zero-order valence-electron chi connectivity index (χ0n) is 12.5. The van der Waals surface area contributed by atoms with E-state index in [0.717, 1.165) is 31.4 Å². The molecule has 0 aliphatic rings. The van der Waals surface area contributed by atoms with E-state index in [1.807, 2.05) is 31.3 Å². The lowest BCUT2D eigenvalue weighted by atomic mass is 10.1. The largest absolute Gasteiger partial charge is 0.481 e. The van der Waals surface area contributed by atoms with Crippen LogP contribution in [0.15, 0.2) is 24.3 Å². The Bertz CT molecular complexity index is 443. The van der Waals surface area contributed by atoms with Gasteiger partial charge in [0.2, 0.25) is 0 Å². The number of carboxylic acids is 1. The van der Waals surface area contributed by atoms with E-state index in [2.05, 4.69) is 10.6 Å². The van der Waals surface area contributed by atoms with Crippen molar-refractivity contribution in [2.45, 2.75) is 38.6 Å². The summed E-state index contributed by atoms with van der Waals surface area (Å²) in [6.07, 6.45) is 3.64. The second kappa shape index (κ2) is 9.94. The van der Waals surface area contributed by atoms with Gasteiger partial charge < -0.3 is 15.7 Å². The van der Waals surface area contributed by atoms with E-state index in [0.29, 0.717) is 18.5 Å². The highest BCUT2D eigenvalue weighted by Gasteiger charge is 2.04. The van der Waals surface area contributed by atoms with Crippen molar-refractivity contribution in [1.29, 1.82) is 0 Å². The summed E-state index contributed by atoms with van der Waals surface area (Å²) in [5, 5.41) is 14.4. The predicted molar refractivity (Wildman–Crippen MR) is 82.3 cm³/mol. The highest BCUT2D eigenvalue weighted by Crippen LogP contribution is 2.05. The van der Waals surface area contributed by atoms with Crippen LogP contribution in [0.2, 0.25) is 0 Å². The molecule has 1 rings (SSSR count). The van der Waals surface area contributed by atoms with Crippen molar-refractivity contribution in [3.8, 4) is 0 Å². The minimum Gasteiger partial charge on any atom is -0.481 e. The number of carbonyl (C=O) groups excluding carboxylic acids is 1. The highest BCUT2D eigenvalue weighted by atomic mass is 16.4. The standard InChI is InChI=1S/C16H24N2O3/c1-17-12-13-7-9-14(10-8-13)16(21)18-11-5-3-2-4-6-15(19)20/h7-10,17H,2-6,11-12H2,1H3,(H,18,21)(H,19,20). The lowest BCUT2D eigenvalue weighted by Gasteiger charge is -2.06. The lowest BCUT2D eigenvalue weighted by molar-refractivity contribution is -0.137. The Morgan fingerprint density at radius 1 is 1.05 bits per heavy atom. The van der Waals surface area contributed by atoms with Crippen LogP contribution >= 0.6 is 0 Å². The summed E-state index contributed by atoms with van der Waals surface area (Å²) in [5.74, 6) is -0.804. The van der Waals surface area contributed by atoms with Crippen LogP contribution in [0.5, 0.6) is 0 Å². The fourth-order valence-electron chi connectivity index (χ4n) is 2.04. The smallest absolute Gasteiger partial charge is 0.303 e. The van der Waals surface area contributed by atoms with E-state index in [9.17, 15) is 9.59 Å². The molecule has 0 aliphatic carbocycles. The number of rotatable bonds is 10. The van der Waals surface area contributed by atoms with Crippen LogP contribution in [0.3, 0.4) is 0 Å². The van der Waals surface area contributed by atoms with Crippen molar-refractivity contribution in [3.05, 3.63) is 35.4 Å². The molecule has 0 saturated heterocycles. The summed E-state index contributed by atoms with van der Waals surface area (Å²) < 4.78 is 0. The predicted octanol–water partition coefficient (Wildman–Crippen LogP) is 2.17. The average molecular weight is 292 g/mol. The number of carboxylic acid groups (broad SMARTS) is 1. The first-order valence-corrected chi connectivity index (χ1v) is 7.37. The van der Waals surface area contributed by atoms with Crippen LogP contribution in [0, 0.1) is 0 Å². The molecule has 1 aromatic rings. The topological polar surface area (TPSA) is 78.4 Å². The molecular weight excluding hydrogens is 268 g/mol. The van der Waals surface area contributed by atoms with Gasteiger partial charge in [-0.3, -0.25) is 9.59 Å². The lowest BCUT2D eigenvalue weighted by Crippen LogP contribution is -2.24. The van der Waals surface area contributed by atoms with Crippen LogP contribution in [0.4, 0.5) is 0 Å². The van der Waals surface area contributed by atoms with Crippen molar-refractivity contribution in [2.24, 2.45) is 0 Å². The molecular formula is C16H24N2O3. The number of hydrogen-bond donors (Lipinski definition) is 3. The van der Waals surface area contributed by atoms with Crippen molar-refractivity contribution >= 4 is 11.9 Å². The molecule has 116 valence electrons. The average Bonchev–Trinajstić information content (AvgIpc) is 2.47. The monoisotopic (exact) mass is 292 g/mol. The number of amides is 1. The molecule has 1 amide bonds. The Hall–Kier alpha value is -1.88. The number of nitrogens with one attached hydrogen (secondary N) is 2. The third kappa shape index (κ3) is 7.46. The molecule has 0 heterocycles. The van der Waals surface area contributed by atoms with E-state index in [1.165, 1.54) is 0 Å². The fourth-order valence-corrected chi connectivity index (χ4v) is 2.04. The zero-order valence-corrected chi connectivity index (χ0v) is 12.5. The third-order valence-corrected chi connectivity index (χ3v) is 3.20. The second-order valence-corrected chi connectivity index (χ2v) is 5.04. The van der Waals surface area contributed by atoms with E-state index in [1.54, 1.807) is 0 Å². The molecule has 1 aromatic carbocycles. The molecule has 0 bridgehead atoms. The number of benzene rings is 1. The van der Waals surface area contributed by atoms with E-state index in [-0.39, 0.29) is 12.3 Å². The minimum absolute atomic E-state index is 0.0588. The molecule has 0 radical (unpaired) electrons. The third-order valence-electron chi connectivity index (χ3n) is 3.20. The summed E-state index contributed by atoms with van der Waals surface area (Å²) in [5.41, 5.74) is 1.81. The van der Waals surface area contributed by atoms with Crippen LogP contribution in [-0.4, -0.2) is 30.6 Å². The molecule has 0 unspecified atom stereocenters. The Labute approximate surface area is 125 Å². The normalized spacial score (nSPS) is 10.3. The van der Waals surface area contributed by atoms with E-state index >= 15 is 0 Å². The molecule has 5 heteroatoms. The first kappa shape index (κ1) is 17.2. The SMILES string of the molecule is CNCc1ccc(C(=O)NCCCCCCC(=O)O)cc1. The Morgan fingerprint density at radius 3 is 2.33 bits per heavy atom. The maximum Gasteiger partial charge on any atom is 0.303 e. The molecule has 5 nitrogen and oxygen atoms in total. The number of carbonyl (C=O) groups is 2. The summed E-state index contributed by atoms with van der Waals surface area (Å²) in [6.45, 7) is 1.42. The van der Waals surface area contributed by atoms with E-state index < -0.39 is 5.97 Å². The van der Waals surface area contributed by atoms with Gasteiger partial charge in [-0.05, 0) is 37.6 Å². The van der Waals surface area contributed by atoms with Gasteiger partial charge in [-0.15, -0.1) is 0 Å². The fraction of sp³-hybridized carbons (Fsp3) is 0.500. The van der Waals surface area contributed by atoms with Gasteiger partial charge in [-0.25, -0.2) is 0 Å². The summed E-state index contributed by atoms with van der Waals surface area (Å²) in [6, 6.07) is 7.54. The van der Waals surface area contributed by atoms with Gasteiger partial charge >= 0.3 is 5.97 Å². The molecule has 0 aromatic heterocycles. The summed E-state index contributed by atoms with van der Waals surface area (Å²) in [7, 11) is 1.89. The van der Waals surface area contributed by atoms with Crippen molar-refractivity contribution in [3.63, 3.8) is 0 Å². The van der Waals surface area contributed by atoms with Crippen LogP contribution in [0.1, 0.15) is 48.0 Å².